The predicted molar refractivity (Wildman–Crippen MR) is 163 cm³/mol. The minimum Gasteiger partial charge on any atom is -0.506 e. The van der Waals surface area contributed by atoms with Crippen LogP contribution in [-0.2, 0) is 32.0 Å². The number of primary amides is 1. The number of hydrogen-bond acceptors (Lipinski definition) is 11. The van der Waals surface area contributed by atoms with Gasteiger partial charge in [0.2, 0.25) is 5.91 Å². The molecule has 2 unspecified atom stereocenters. The van der Waals surface area contributed by atoms with Crippen molar-refractivity contribution < 1.29 is 29.1 Å². The summed E-state index contributed by atoms with van der Waals surface area (Å²) in [7, 11) is 6.37. The normalized spacial score (nSPS) is 30.4. The van der Waals surface area contributed by atoms with Gasteiger partial charge >= 0.3 is 0 Å². The highest BCUT2D eigenvalue weighted by Gasteiger charge is 2.78. The molecule has 232 valence electrons. The first-order valence-electron chi connectivity index (χ1n) is 14.3. The van der Waals surface area contributed by atoms with E-state index in [1.165, 1.54) is 19.0 Å². The Labute approximate surface area is 260 Å². The van der Waals surface area contributed by atoms with E-state index in [4.69, 9.17) is 17.2 Å². The minimum atomic E-state index is -2.80. The number of nitrogens with two attached hydrogens (primary N) is 3. The number of rotatable bonds is 4. The van der Waals surface area contributed by atoms with Crippen LogP contribution in [-0.4, -0.2) is 84.4 Å². The number of carbonyl (C=O) groups is 5. The number of aromatic hydroxyl groups is 1. The maximum Gasteiger partial charge on any atom is 0.235 e. The zero-order valence-electron chi connectivity index (χ0n) is 25.4. The van der Waals surface area contributed by atoms with Crippen LogP contribution in [0.4, 0.5) is 5.69 Å². The van der Waals surface area contributed by atoms with Gasteiger partial charge in [0.25, 0.3) is 0 Å². The van der Waals surface area contributed by atoms with Gasteiger partial charge in [0.05, 0.1) is 28.8 Å². The third kappa shape index (κ3) is 4.29. The number of phenols is 1. The molecule has 45 heavy (non-hydrogen) atoms. The van der Waals surface area contributed by atoms with Crippen molar-refractivity contribution in [1.82, 2.24) is 4.90 Å². The molecule has 2 saturated carbocycles. The maximum absolute atomic E-state index is 14.5. The molecule has 7 N–H and O–H groups in total. The standard InChI is InChI=1S/C33H34N6O6/c1-38(2)20-13-18(12-8-11-17-9-6-5-7-10-17)24(40)21-19(20)14-31(36)15-33(37)27(39(3)4)26(42)22(30(35)45)28(43)32(33,16-34)29(44)23(31)25(21)41/h5-7,9-10,13,22-23,27,40H,11,14-15,36-37H2,1-4H3,(H2,35,45)/t22?,23?,27-,31-,32+,33-/m1/s1. The number of hydrogen-bond donors (Lipinski definition) is 4. The van der Waals surface area contributed by atoms with Crippen LogP contribution in [0.3, 0.4) is 0 Å². The van der Waals surface area contributed by atoms with E-state index in [1.54, 1.807) is 31.1 Å². The van der Waals surface area contributed by atoms with E-state index in [-0.39, 0.29) is 17.5 Å². The van der Waals surface area contributed by atoms with Crippen LogP contribution in [0.5, 0.6) is 5.75 Å². The molecular weight excluding hydrogens is 576 g/mol. The van der Waals surface area contributed by atoms with Gasteiger partial charge in [-0.3, -0.25) is 28.9 Å². The number of fused-ring (bicyclic) bond motifs is 3. The van der Waals surface area contributed by atoms with E-state index in [1.807, 2.05) is 30.3 Å². The highest BCUT2D eigenvalue weighted by molar-refractivity contribution is 6.33. The van der Waals surface area contributed by atoms with E-state index in [2.05, 4.69) is 11.8 Å². The largest absolute Gasteiger partial charge is 0.506 e. The number of Topliss-reactive ketones (excluding diaryl/α,β-unsaturated/α-hetero) is 4. The fraction of sp³-hybridized carbons (Fsp3) is 0.394. The molecule has 2 fully saturated rings. The van der Waals surface area contributed by atoms with Gasteiger partial charge in [-0.2, -0.15) is 5.26 Å². The van der Waals surface area contributed by atoms with Crippen molar-refractivity contribution in [2.75, 3.05) is 33.1 Å². The van der Waals surface area contributed by atoms with Crippen molar-refractivity contribution >= 4 is 34.7 Å². The number of nitriles is 1. The second-order valence-corrected chi connectivity index (χ2v) is 12.6. The number of benzene rings is 2. The SMILES string of the molecule is CN(C)c1cc(C#CCc2ccccc2)c(O)c2c1C[C@@]1(N)C[C@@]3(N)[C@H](N(C)C)C(=O)C(C(N)=O)C(=O)[C@@]3(C#N)C(=O)C1C2=O. The molecule has 5 rings (SSSR count). The molecular formula is C33H34N6O6. The smallest absolute Gasteiger partial charge is 0.235 e. The van der Waals surface area contributed by atoms with Gasteiger partial charge in [0, 0.05) is 31.7 Å². The molecule has 0 aliphatic heterocycles. The van der Waals surface area contributed by atoms with Gasteiger partial charge in [-0.05, 0) is 44.1 Å². The van der Waals surface area contributed by atoms with Gasteiger partial charge < -0.3 is 27.2 Å². The van der Waals surface area contributed by atoms with Crippen molar-refractivity contribution in [2.45, 2.75) is 36.4 Å². The maximum atomic E-state index is 14.5. The topological polar surface area (TPSA) is 214 Å². The summed E-state index contributed by atoms with van der Waals surface area (Å²) in [6, 6.07) is 11.3. The van der Waals surface area contributed by atoms with Gasteiger partial charge in [0.1, 0.15) is 11.7 Å². The van der Waals surface area contributed by atoms with E-state index in [9.17, 15) is 34.3 Å². The monoisotopic (exact) mass is 610 g/mol. The van der Waals surface area contributed by atoms with Gasteiger partial charge in [-0.25, -0.2) is 0 Å². The molecule has 12 nitrogen and oxygen atoms in total. The predicted octanol–water partition coefficient (Wildman–Crippen LogP) is -0.531. The lowest BCUT2D eigenvalue weighted by Crippen LogP contribution is -2.85. The minimum absolute atomic E-state index is 0.137. The number of amides is 1. The molecule has 0 bridgehead atoms. The molecule has 0 heterocycles. The zero-order chi connectivity index (χ0) is 33.2. The first-order valence-corrected chi connectivity index (χ1v) is 14.3. The van der Waals surface area contributed by atoms with E-state index < -0.39 is 75.6 Å². The summed E-state index contributed by atoms with van der Waals surface area (Å²) in [6.07, 6.45) is -0.271. The molecule has 3 aliphatic carbocycles. The van der Waals surface area contributed by atoms with Gasteiger partial charge in [0.15, 0.2) is 34.5 Å². The number of ketones is 4. The molecule has 0 saturated heterocycles. The Morgan fingerprint density at radius 2 is 1.71 bits per heavy atom. The number of phenolic OH excluding ortho intramolecular Hbond substituents is 1. The van der Waals surface area contributed by atoms with E-state index >= 15 is 0 Å². The molecule has 0 spiro atoms. The molecule has 2 aromatic rings. The van der Waals surface area contributed by atoms with Crippen molar-refractivity contribution in [3.63, 3.8) is 0 Å². The summed E-state index contributed by atoms with van der Waals surface area (Å²) in [5.74, 6) is -4.25. The summed E-state index contributed by atoms with van der Waals surface area (Å²) in [5, 5.41) is 22.0. The van der Waals surface area contributed by atoms with Gasteiger partial charge in [-0.15, -0.1) is 0 Å². The zero-order valence-corrected chi connectivity index (χ0v) is 25.4. The average Bonchev–Trinajstić information content (AvgIpc) is 2.93. The van der Waals surface area contributed by atoms with Crippen molar-refractivity contribution in [3.05, 3.63) is 58.7 Å². The molecule has 12 heteroatoms. The van der Waals surface area contributed by atoms with E-state index in [0.29, 0.717) is 17.7 Å². The highest BCUT2D eigenvalue weighted by atomic mass is 16.3. The second-order valence-electron chi connectivity index (χ2n) is 12.6. The summed E-state index contributed by atoms with van der Waals surface area (Å²) >= 11 is 0. The Balaban J connectivity index is 1.71. The number of anilines is 1. The summed E-state index contributed by atoms with van der Waals surface area (Å²) < 4.78 is 0. The third-order valence-electron chi connectivity index (χ3n) is 9.41. The van der Waals surface area contributed by atoms with Crippen molar-refractivity contribution in [1.29, 1.82) is 5.26 Å². The highest BCUT2D eigenvalue weighted by Crippen LogP contribution is 2.57. The Hall–Kier alpha value is -4.88. The molecule has 2 aromatic carbocycles. The summed E-state index contributed by atoms with van der Waals surface area (Å²) in [5.41, 5.74) is 14.2. The van der Waals surface area contributed by atoms with E-state index in [0.717, 1.165) is 5.56 Å². The lowest BCUT2D eigenvalue weighted by molar-refractivity contribution is -0.166. The van der Waals surface area contributed by atoms with Crippen LogP contribution >= 0.6 is 0 Å². The number of carbonyl (C=O) groups excluding carboxylic acids is 5. The van der Waals surface area contributed by atoms with Crippen LogP contribution in [0.25, 0.3) is 0 Å². The fourth-order valence-corrected chi connectivity index (χ4v) is 7.59. The van der Waals surface area contributed by atoms with Crippen LogP contribution in [0.1, 0.15) is 33.5 Å². The number of nitrogens with zero attached hydrogens (tertiary/aromatic N) is 3. The van der Waals surface area contributed by atoms with Crippen LogP contribution in [0.2, 0.25) is 0 Å². The Bertz CT molecular complexity index is 1790. The summed E-state index contributed by atoms with van der Waals surface area (Å²) in [4.78, 5) is 71.8. The first-order chi connectivity index (χ1) is 21.1. The molecule has 6 atom stereocenters. The molecule has 3 aliphatic rings. The van der Waals surface area contributed by atoms with Crippen LogP contribution < -0.4 is 22.1 Å². The van der Waals surface area contributed by atoms with Crippen LogP contribution in [0, 0.1) is 40.4 Å². The van der Waals surface area contributed by atoms with Crippen molar-refractivity contribution in [2.24, 2.45) is 34.5 Å². The Morgan fingerprint density at radius 3 is 2.27 bits per heavy atom. The third-order valence-corrected chi connectivity index (χ3v) is 9.41. The lowest BCUT2D eigenvalue weighted by Gasteiger charge is -2.60. The molecule has 0 radical (unpaired) electrons. The number of likely N-dealkylation sites (N-methyl/N-ethyl adjacent to an activating group) is 1. The van der Waals surface area contributed by atoms with Gasteiger partial charge in [-0.1, -0.05) is 42.2 Å². The van der Waals surface area contributed by atoms with Crippen LogP contribution in [0.15, 0.2) is 36.4 Å². The lowest BCUT2D eigenvalue weighted by atomic mass is 9.42. The summed E-state index contributed by atoms with van der Waals surface area (Å²) in [6.45, 7) is 0. The first kappa shape index (κ1) is 31.5. The molecule has 0 aromatic heterocycles. The average molecular weight is 611 g/mol. The second kappa shape index (κ2) is 10.6. The Kier molecular flexibility index (Phi) is 7.45. The fourth-order valence-electron chi connectivity index (χ4n) is 7.59. The quantitative estimate of drug-likeness (QED) is 0.255. The Morgan fingerprint density at radius 1 is 1.07 bits per heavy atom. The van der Waals surface area contributed by atoms with Crippen molar-refractivity contribution in [3.8, 4) is 23.7 Å². The molecule has 1 amide bonds.